The molecule has 3 nitrogen and oxygen atoms in total. The van der Waals surface area contributed by atoms with Gasteiger partial charge in [0.25, 0.3) is 6.43 Å². The minimum atomic E-state index is -2.86. The molecule has 1 N–H and O–H groups in total. The highest BCUT2D eigenvalue weighted by Gasteiger charge is 2.20. The number of aliphatic carboxylic acids is 1. The molecule has 15 heavy (non-hydrogen) atoms. The Bertz CT molecular complexity index is 398. The van der Waals surface area contributed by atoms with Crippen LogP contribution in [0.3, 0.4) is 0 Å². The van der Waals surface area contributed by atoms with Crippen LogP contribution in [-0.2, 0) is 11.2 Å². The molecule has 0 amide bonds. The van der Waals surface area contributed by atoms with Crippen molar-refractivity contribution in [1.82, 2.24) is 4.98 Å². The van der Waals surface area contributed by atoms with Crippen LogP contribution in [0.25, 0.3) is 0 Å². The second-order valence-electron chi connectivity index (χ2n) is 2.67. The number of nitrogens with zero attached hydrogens (tertiary/aromatic N) is 1. The number of halogens is 4. The van der Waals surface area contributed by atoms with Gasteiger partial charge in [-0.15, -0.1) is 0 Å². The molecule has 0 saturated heterocycles. The SMILES string of the molecule is O=C(O)Cc1c(C(F)F)cnc(F)c1I. The van der Waals surface area contributed by atoms with Crippen LogP contribution in [-0.4, -0.2) is 16.1 Å². The molecule has 0 bridgehead atoms. The van der Waals surface area contributed by atoms with Gasteiger partial charge < -0.3 is 5.11 Å². The summed E-state index contributed by atoms with van der Waals surface area (Å²) in [7, 11) is 0. The van der Waals surface area contributed by atoms with E-state index < -0.39 is 30.3 Å². The van der Waals surface area contributed by atoms with Crippen molar-refractivity contribution in [3.8, 4) is 0 Å². The van der Waals surface area contributed by atoms with Crippen LogP contribution in [0.5, 0.6) is 0 Å². The van der Waals surface area contributed by atoms with Crippen LogP contribution in [0.4, 0.5) is 13.2 Å². The van der Waals surface area contributed by atoms with Crippen molar-refractivity contribution >= 4 is 28.6 Å². The van der Waals surface area contributed by atoms with Gasteiger partial charge >= 0.3 is 5.97 Å². The van der Waals surface area contributed by atoms with E-state index >= 15 is 0 Å². The van der Waals surface area contributed by atoms with Crippen LogP contribution >= 0.6 is 22.6 Å². The summed E-state index contributed by atoms with van der Waals surface area (Å²) in [5.74, 6) is -2.23. The molecule has 0 unspecified atom stereocenters. The fraction of sp³-hybridized carbons (Fsp3) is 0.250. The maximum absolute atomic E-state index is 12.9. The number of hydrogen-bond donors (Lipinski definition) is 1. The van der Waals surface area contributed by atoms with Gasteiger partial charge in [-0.05, 0) is 28.2 Å². The van der Waals surface area contributed by atoms with E-state index in [0.717, 1.165) is 0 Å². The maximum Gasteiger partial charge on any atom is 0.307 e. The Morgan fingerprint density at radius 2 is 2.20 bits per heavy atom. The predicted molar refractivity (Wildman–Crippen MR) is 53.2 cm³/mol. The average Bonchev–Trinajstić information content (AvgIpc) is 2.12. The number of alkyl halides is 2. The molecular formula is C8H5F3INO2. The summed E-state index contributed by atoms with van der Waals surface area (Å²) < 4.78 is 37.6. The first kappa shape index (κ1) is 12.2. The zero-order valence-corrected chi connectivity index (χ0v) is 9.33. The van der Waals surface area contributed by atoms with E-state index in [1.807, 2.05) is 0 Å². The molecule has 1 aromatic heterocycles. The monoisotopic (exact) mass is 331 g/mol. The molecule has 0 radical (unpaired) electrons. The minimum absolute atomic E-state index is 0.173. The van der Waals surface area contributed by atoms with Gasteiger partial charge in [0.1, 0.15) is 0 Å². The van der Waals surface area contributed by atoms with Gasteiger partial charge in [-0.3, -0.25) is 4.79 Å². The standard InChI is InChI=1S/C8H5F3INO2/c9-7(10)4-2-13-8(11)6(12)3(4)1-5(14)15/h2,7H,1H2,(H,14,15). The van der Waals surface area contributed by atoms with E-state index in [9.17, 15) is 18.0 Å². The zero-order valence-electron chi connectivity index (χ0n) is 7.18. The molecule has 0 aliphatic rings. The number of pyridine rings is 1. The Balaban J connectivity index is 3.28. The fourth-order valence-electron chi connectivity index (χ4n) is 1.03. The lowest BCUT2D eigenvalue weighted by atomic mass is 10.1. The van der Waals surface area contributed by atoms with Crippen LogP contribution in [0, 0.1) is 9.52 Å². The molecule has 1 rings (SSSR count). The number of carbonyl (C=O) groups is 1. The second kappa shape index (κ2) is 4.77. The smallest absolute Gasteiger partial charge is 0.307 e. The average molecular weight is 331 g/mol. The number of carboxylic acid groups (broad SMARTS) is 1. The van der Waals surface area contributed by atoms with Crippen molar-refractivity contribution in [3.63, 3.8) is 0 Å². The van der Waals surface area contributed by atoms with Crippen molar-refractivity contribution in [2.75, 3.05) is 0 Å². The maximum atomic E-state index is 12.9. The lowest BCUT2D eigenvalue weighted by Crippen LogP contribution is -2.09. The van der Waals surface area contributed by atoms with Crippen molar-refractivity contribution < 1.29 is 23.1 Å². The van der Waals surface area contributed by atoms with Crippen molar-refractivity contribution in [2.45, 2.75) is 12.8 Å². The third-order valence-corrected chi connectivity index (χ3v) is 2.77. The Morgan fingerprint density at radius 3 is 2.67 bits per heavy atom. The molecule has 7 heteroatoms. The van der Waals surface area contributed by atoms with Crippen molar-refractivity contribution in [1.29, 1.82) is 0 Å². The summed E-state index contributed by atoms with van der Waals surface area (Å²) in [5.41, 5.74) is -0.756. The number of rotatable bonds is 3. The van der Waals surface area contributed by atoms with Gasteiger partial charge in [0.2, 0.25) is 5.95 Å². The minimum Gasteiger partial charge on any atom is -0.481 e. The zero-order chi connectivity index (χ0) is 11.6. The fourth-order valence-corrected chi connectivity index (χ4v) is 1.67. The third-order valence-electron chi connectivity index (χ3n) is 1.67. The summed E-state index contributed by atoms with van der Waals surface area (Å²) in [6, 6.07) is 0. The number of carboxylic acids is 1. The van der Waals surface area contributed by atoms with E-state index in [1.165, 1.54) is 22.6 Å². The van der Waals surface area contributed by atoms with Gasteiger partial charge in [-0.25, -0.2) is 13.8 Å². The van der Waals surface area contributed by atoms with Crippen molar-refractivity contribution in [3.05, 3.63) is 26.8 Å². The molecule has 1 heterocycles. The topological polar surface area (TPSA) is 50.2 Å². The largest absolute Gasteiger partial charge is 0.481 e. The normalized spacial score (nSPS) is 10.7. The molecule has 0 saturated carbocycles. The third kappa shape index (κ3) is 2.80. The molecule has 0 atom stereocenters. The van der Waals surface area contributed by atoms with E-state index in [4.69, 9.17) is 5.11 Å². The Morgan fingerprint density at radius 1 is 1.60 bits per heavy atom. The van der Waals surface area contributed by atoms with E-state index in [-0.39, 0.29) is 9.13 Å². The van der Waals surface area contributed by atoms with E-state index in [1.54, 1.807) is 0 Å². The highest BCUT2D eigenvalue weighted by Crippen LogP contribution is 2.27. The van der Waals surface area contributed by atoms with Gasteiger partial charge in [0.05, 0.1) is 9.99 Å². The molecule has 0 spiro atoms. The highest BCUT2D eigenvalue weighted by atomic mass is 127. The first-order chi connectivity index (χ1) is 6.93. The molecular weight excluding hydrogens is 326 g/mol. The summed E-state index contributed by atoms with van der Waals surface area (Å²) in [5, 5.41) is 8.50. The van der Waals surface area contributed by atoms with Crippen LogP contribution < -0.4 is 0 Å². The first-order valence-corrected chi connectivity index (χ1v) is 4.84. The quantitative estimate of drug-likeness (QED) is 0.684. The molecule has 0 fully saturated rings. The first-order valence-electron chi connectivity index (χ1n) is 3.76. The Hall–Kier alpha value is -0.860. The number of hydrogen-bond acceptors (Lipinski definition) is 2. The predicted octanol–water partition coefficient (Wildman–Crippen LogP) is 2.39. The van der Waals surface area contributed by atoms with Crippen LogP contribution in [0.15, 0.2) is 6.20 Å². The lowest BCUT2D eigenvalue weighted by Gasteiger charge is -2.08. The second-order valence-corrected chi connectivity index (χ2v) is 3.75. The van der Waals surface area contributed by atoms with E-state index in [2.05, 4.69) is 4.98 Å². The van der Waals surface area contributed by atoms with Gasteiger partial charge in [0, 0.05) is 11.8 Å². The van der Waals surface area contributed by atoms with Crippen LogP contribution in [0.1, 0.15) is 17.6 Å². The summed E-state index contributed by atoms with van der Waals surface area (Å²) in [6.45, 7) is 0. The molecule has 0 aliphatic heterocycles. The van der Waals surface area contributed by atoms with Crippen molar-refractivity contribution in [2.24, 2.45) is 0 Å². The van der Waals surface area contributed by atoms with Gasteiger partial charge in [-0.2, -0.15) is 4.39 Å². The van der Waals surface area contributed by atoms with E-state index in [0.29, 0.717) is 6.20 Å². The summed E-state index contributed by atoms with van der Waals surface area (Å²) in [6.07, 6.45) is -2.83. The molecule has 1 aromatic rings. The molecule has 0 aliphatic carbocycles. The lowest BCUT2D eigenvalue weighted by molar-refractivity contribution is -0.136. The Kier molecular flexibility index (Phi) is 3.89. The summed E-state index contributed by atoms with van der Waals surface area (Å²) in [4.78, 5) is 13.5. The highest BCUT2D eigenvalue weighted by molar-refractivity contribution is 14.1. The molecule has 82 valence electrons. The molecule has 0 aromatic carbocycles. The Labute approximate surface area is 96.5 Å². The van der Waals surface area contributed by atoms with Gasteiger partial charge in [-0.1, -0.05) is 0 Å². The summed E-state index contributed by atoms with van der Waals surface area (Å²) >= 11 is 1.46. The van der Waals surface area contributed by atoms with Crippen LogP contribution in [0.2, 0.25) is 0 Å². The number of aromatic nitrogens is 1. The van der Waals surface area contributed by atoms with Gasteiger partial charge in [0.15, 0.2) is 0 Å².